The third kappa shape index (κ3) is 4.86. The maximum absolute atomic E-state index is 12.0. The molecule has 1 fully saturated rings. The number of amides is 2. The van der Waals surface area contributed by atoms with Gasteiger partial charge in [0, 0.05) is 6.54 Å². The first-order valence-corrected chi connectivity index (χ1v) is 7.48. The van der Waals surface area contributed by atoms with Gasteiger partial charge in [-0.25, -0.2) is 0 Å². The van der Waals surface area contributed by atoms with Crippen LogP contribution in [0, 0.1) is 5.92 Å². The number of carbonyl (C=O) groups is 2. The minimum Gasteiger partial charge on any atom is -0.350 e. The van der Waals surface area contributed by atoms with Crippen molar-refractivity contribution < 1.29 is 9.59 Å². The number of hydrogen-bond donors (Lipinski definition) is 3. The predicted molar refractivity (Wildman–Crippen MR) is 81.5 cm³/mol. The zero-order valence-corrected chi connectivity index (χ0v) is 12.4. The summed E-state index contributed by atoms with van der Waals surface area (Å²) in [7, 11) is 0. The average Bonchev–Trinajstić information content (AvgIpc) is 2.52. The molecule has 2 rings (SSSR count). The molecule has 1 aliphatic heterocycles. The highest BCUT2D eigenvalue weighted by Gasteiger charge is 2.27. The standard InChI is InChI=1S/C16H23N3O2/c1-12-6-5-9-17-15(12)16(21)19-11-14(20)18-10-13-7-3-2-4-8-13/h2-4,7-8,12,15,17H,5-6,9-11H2,1H3,(H,18,20)(H,19,21). The van der Waals surface area contributed by atoms with Crippen molar-refractivity contribution in [3.05, 3.63) is 35.9 Å². The summed E-state index contributed by atoms with van der Waals surface area (Å²) >= 11 is 0. The van der Waals surface area contributed by atoms with E-state index in [9.17, 15) is 9.59 Å². The van der Waals surface area contributed by atoms with Crippen molar-refractivity contribution in [1.82, 2.24) is 16.0 Å². The fraction of sp³-hybridized carbons (Fsp3) is 0.500. The number of hydrogen-bond acceptors (Lipinski definition) is 3. The summed E-state index contributed by atoms with van der Waals surface area (Å²) in [5.74, 6) is 0.0545. The lowest BCUT2D eigenvalue weighted by atomic mass is 9.92. The molecule has 0 bridgehead atoms. The Kier molecular flexibility index (Phi) is 5.75. The maximum atomic E-state index is 12.0. The quantitative estimate of drug-likeness (QED) is 0.751. The van der Waals surface area contributed by atoms with Crippen LogP contribution in [0.15, 0.2) is 30.3 Å². The summed E-state index contributed by atoms with van der Waals surface area (Å²) < 4.78 is 0. The van der Waals surface area contributed by atoms with Crippen LogP contribution in [0.1, 0.15) is 25.3 Å². The van der Waals surface area contributed by atoms with E-state index in [0.29, 0.717) is 12.5 Å². The molecule has 0 radical (unpaired) electrons. The van der Waals surface area contributed by atoms with Crippen LogP contribution in [0.5, 0.6) is 0 Å². The highest BCUT2D eigenvalue weighted by Crippen LogP contribution is 2.15. The van der Waals surface area contributed by atoms with Gasteiger partial charge in [0.25, 0.3) is 0 Å². The zero-order chi connectivity index (χ0) is 15.1. The molecule has 21 heavy (non-hydrogen) atoms. The molecule has 2 amide bonds. The molecule has 1 aliphatic rings. The van der Waals surface area contributed by atoms with Crippen molar-refractivity contribution in [3.63, 3.8) is 0 Å². The molecular weight excluding hydrogens is 266 g/mol. The van der Waals surface area contributed by atoms with E-state index >= 15 is 0 Å². The van der Waals surface area contributed by atoms with Crippen molar-refractivity contribution in [3.8, 4) is 0 Å². The molecule has 1 aromatic rings. The van der Waals surface area contributed by atoms with Gasteiger partial charge in [-0.2, -0.15) is 0 Å². The lowest BCUT2D eigenvalue weighted by Crippen LogP contribution is -2.52. The number of rotatable bonds is 5. The lowest BCUT2D eigenvalue weighted by Gasteiger charge is -2.28. The second kappa shape index (κ2) is 7.78. The summed E-state index contributed by atoms with van der Waals surface area (Å²) in [6, 6.07) is 9.52. The Hall–Kier alpha value is -1.88. The largest absolute Gasteiger partial charge is 0.350 e. The number of nitrogens with one attached hydrogen (secondary N) is 3. The molecule has 1 saturated heterocycles. The molecular formula is C16H23N3O2. The van der Waals surface area contributed by atoms with Crippen LogP contribution in [0.25, 0.3) is 0 Å². The monoisotopic (exact) mass is 289 g/mol. The SMILES string of the molecule is CC1CCCNC1C(=O)NCC(=O)NCc1ccccc1. The van der Waals surface area contributed by atoms with Gasteiger partial charge >= 0.3 is 0 Å². The minimum atomic E-state index is -0.180. The fourth-order valence-electron chi connectivity index (χ4n) is 2.54. The van der Waals surface area contributed by atoms with Gasteiger partial charge in [-0.3, -0.25) is 9.59 Å². The highest BCUT2D eigenvalue weighted by atomic mass is 16.2. The van der Waals surface area contributed by atoms with Crippen LogP contribution >= 0.6 is 0 Å². The van der Waals surface area contributed by atoms with Crippen LogP contribution in [-0.4, -0.2) is 30.9 Å². The number of piperidine rings is 1. The molecule has 5 heteroatoms. The first-order chi connectivity index (χ1) is 10.2. The van der Waals surface area contributed by atoms with Gasteiger partial charge in [0.15, 0.2) is 0 Å². The summed E-state index contributed by atoms with van der Waals surface area (Å²) in [5.41, 5.74) is 1.04. The topological polar surface area (TPSA) is 70.2 Å². The molecule has 1 heterocycles. The van der Waals surface area contributed by atoms with Gasteiger partial charge in [0.2, 0.25) is 11.8 Å². The predicted octanol–water partition coefficient (Wildman–Crippen LogP) is 0.807. The first kappa shape index (κ1) is 15.5. The number of carbonyl (C=O) groups excluding carboxylic acids is 2. The lowest BCUT2D eigenvalue weighted by molar-refractivity contribution is -0.128. The van der Waals surface area contributed by atoms with Crippen LogP contribution in [0.3, 0.4) is 0 Å². The van der Waals surface area contributed by atoms with Gasteiger partial charge in [-0.05, 0) is 30.9 Å². The van der Waals surface area contributed by atoms with E-state index in [2.05, 4.69) is 22.9 Å². The molecule has 2 unspecified atom stereocenters. The second-order valence-corrected chi connectivity index (χ2v) is 5.53. The van der Waals surface area contributed by atoms with E-state index in [1.807, 2.05) is 30.3 Å². The Labute approximate surface area is 125 Å². The summed E-state index contributed by atoms with van der Waals surface area (Å²) in [6.45, 7) is 3.43. The maximum Gasteiger partial charge on any atom is 0.239 e. The third-order valence-electron chi connectivity index (χ3n) is 3.81. The Morgan fingerprint density at radius 1 is 1.24 bits per heavy atom. The Balaban J connectivity index is 1.69. The van der Waals surface area contributed by atoms with Crippen molar-refractivity contribution in [1.29, 1.82) is 0 Å². The van der Waals surface area contributed by atoms with E-state index in [0.717, 1.165) is 24.9 Å². The normalized spacial score (nSPS) is 21.6. The van der Waals surface area contributed by atoms with Crippen molar-refractivity contribution in [2.45, 2.75) is 32.4 Å². The van der Waals surface area contributed by atoms with E-state index in [1.165, 1.54) is 0 Å². The third-order valence-corrected chi connectivity index (χ3v) is 3.81. The van der Waals surface area contributed by atoms with Crippen LogP contribution < -0.4 is 16.0 Å². The molecule has 3 N–H and O–H groups in total. The van der Waals surface area contributed by atoms with Crippen molar-refractivity contribution >= 4 is 11.8 Å². The summed E-state index contributed by atoms with van der Waals surface area (Å²) in [6.07, 6.45) is 2.15. The van der Waals surface area contributed by atoms with Crippen molar-refractivity contribution in [2.24, 2.45) is 5.92 Å². The molecule has 0 spiro atoms. The van der Waals surface area contributed by atoms with E-state index < -0.39 is 0 Å². The van der Waals surface area contributed by atoms with Gasteiger partial charge in [0.05, 0.1) is 12.6 Å². The Morgan fingerprint density at radius 3 is 2.71 bits per heavy atom. The average molecular weight is 289 g/mol. The van der Waals surface area contributed by atoms with Crippen LogP contribution in [0.2, 0.25) is 0 Å². The first-order valence-electron chi connectivity index (χ1n) is 7.48. The van der Waals surface area contributed by atoms with Gasteiger partial charge in [-0.1, -0.05) is 37.3 Å². The van der Waals surface area contributed by atoms with E-state index in [1.54, 1.807) is 0 Å². The van der Waals surface area contributed by atoms with Gasteiger partial charge in [0.1, 0.15) is 0 Å². The Bertz CT molecular complexity index is 476. The van der Waals surface area contributed by atoms with Crippen LogP contribution in [0.4, 0.5) is 0 Å². The zero-order valence-electron chi connectivity index (χ0n) is 12.4. The number of benzene rings is 1. The molecule has 0 saturated carbocycles. The molecule has 1 aromatic carbocycles. The Morgan fingerprint density at radius 2 is 2.00 bits per heavy atom. The van der Waals surface area contributed by atoms with Gasteiger partial charge in [-0.15, -0.1) is 0 Å². The highest BCUT2D eigenvalue weighted by molar-refractivity contribution is 5.87. The molecule has 114 valence electrons. The summed E-state index contributed by atoms with van der Waals surface area (Å²) in [5, 5.41) is 8.71. The van der Waals surface area contributed by atoms with Crippen molar-refractivity contribution in [2.75, 3.05) is 13.1 Å². The minimum absolute atomic E-state index is 0.0244. The van der Waals surface area contributed by atoms with Gasteiger partial charge < -0.3 is 16.0 Å². The van der Waals surface area contributed by atoms with E-state index in [-0.39, 0.29) is 24.4 Å². The molecule has 0 aromatic heterocycles. The molecule has 0 aliphatic carbocycles. The molecule has 5 nitrogen and oxygen atoms in total. The second-order valence-electron chi connectivity index (χ2n) is 5.53. The fourth-order valence-corrected chi connectivity index (χ4v) is 2.54. The summed E-state index contributed by atoms with van der Waals surface area (Å²) in [4.78, 5) is 23.8. The smallest absolute Gasteiger partial charge is 0.239 e. The van der Waals surface area contributed by atoms with Crippen LogP contribution in [-0.2, 0) is 16.1 Å². The molecule has 2 atom stereocenters. The van der Waals surface area contributed by atoms with E-state index in [4.69, 9.17) is 0 Å².